The fourth-order valence-corrected chi connectivity index (χ4v) is 4.21. The van der Waals surface area contributed by atoms with Crippen LogP contribution in [0.1, 0.15) is 70.8 Å². The molecule has 5 heteroatoms. The van der Waals surface area contributed by atoms with E-state index in [9.17, 15) is 9.59 Å². The number of aryl methyl sites for hydroxylation is 2. The molecule has 0 unspecified atom stereocenters. The number of nitrogens with one attached hydrogen (secondary N) is 2. The van der Waals surface area contributed by atoms with Crippen molar-refractivity contribution in [3.05, 3.63) is 94.5 Å². The van der Waals surface area contributed by atoms with E-state index in [0.717, 1.165) is 36.2 Å². The lowest BCUT2D eigenvalue weighted by Crippen LogP contribution is -2.32. The van der Waals surface area contributed by atoms with Gasteiger partial charge in [0.05, 0.1) is 0 Å². The zero-order chi connectivity index (χ0) is 23.4. The molecule has 1 heterocycles. The number of rotatable bonds is 8. The summed E-state index contributed by atoms with van der Waals surface area (Å²) in [5.74, 6) is -0.264. The van der Waals surface area contributed by atoms with Crippen LogP contribution >= 0.6 is 0 Å². The molecular formula is C28H31N3O2. The molecule has 3 aromatic carbocycles. The van der Waals surface area contributed by atoms with Crippen molar-refractivity contribution < 1.29 is 9.59 Å². The van der Waals surface area contributed by atoms with E-state index in [0.29, 0.717) is 17.7 Å². The molecule has 1 atom stereocenters. The summed E-state index contributed by atoms with van der Waals surface area (Å²) in [5, 5.41) is 6.45. The highest BCUT2D eigenvalue weighted by Crippen LogP contribution is 2.35. The monoisotopic (exact) mass is 441 g/mol. The zero-order valence-electron chi connectivity index (χ0n) is 19.5. The van der Waals surface area contributed by atoms with E-state index in [1.54, 1.807) is 12.1 Å². The maximum atomic E-state index is 13.2. The summed E-state index contributed by atoms with van der Waals surface area (Å²) in [6.07, 6.45) is 2.54. The molecule has 0 aliphatic carbocycles. The van der Waals surface area contributed by atoms with Crippen LogP contribution in [0.15, 0.2) is 66.7 Å². The number of hydrogen-bond donors (Lipinski definition) is 2. The van der Waals surface area contributed by atoms with E-state index < -0.39 is 0 Å². The van der Waals surface area contributed by atoms with E-state index in [4.69, 9.17) is 0 Å². The average molecular weight is 442 g/mol. The van der Waals surface area contributed by atoms with Crippen LogP contribution in [0, 0.1) is 0 Å². The highest BCUT2D eigenvalue weighted by molar-refractivity contribution is 6.07. The summed E-state index contributed by atoms with van der Waals surface area (Å²) in [6, 6.07) is 21.6. The van der Waals surface area contributed by atoms with Gasteiger partial charge in [-0.15, -0.1) is 0 Å². The van der Waals surface area contributed by atoms with Gasteiger partial charge in [-0.2, -0.15) is 0 Å². The van der Waals surface area contributed by atoms with Crippen molar-refractivity contribution in [2.75, 3.05) is 17.2 Å². The van der Waals surface area contributed by atoms with Crippen molar-refractivity contribution in [2.45, 2.75) is 46.2 Å². The SMILES string of the molecule is CCCN1C(=O)c2cc(C(=O)Nc3ccc(CC)cc3)ccc2[C@H]1Nc1ccc(CC)cc1. The Morgan fingerprint density at radius 3 is 2.03 bits per heavy atom. The topological polar surface area (TPSA) is 61.4 Å². The minimum atomic E-state index is -0.251. The van der Waals surface area contributed by atoms with E-state index in [-0.39, 0.29) is 18.0 Å². The van der Waals surface area contributed by atoms with Crippen LogP contribution in [0.4, 0.5) is 11.4 Å². The third-order valence-electron chi connectivity index (χ3n) is 6.16. The molecule has 0 saturated carbocycles. The molecule has 0 bridgehead atoms. The van der Waals surface area contributed by atoms with E-state index >= 15 is 0 Å². The van der Waals surface area contributed by atoms with Gasteiger partial charge in [-0.1, -0.05) is 51.1 Å². The first-order chi connectivity index (χ1) is 16.0. The van der Waals surface area contributed by atoms with Gasteiger partial charge in [0.2, 0.25) is 0 Å². The summed E-state index contributed by atoms with van der Waals surface area (Å²) < 4.78 is 0. The first kappa shape index (κ1) is 22.6. The molecule has 2 amide bonds. The van der Waals surface area contributed by atoms with Gasteiger partial charge in [-0.25, -0.2) is 0 Å². The van der Waals surface area contributed by atoms with Crippen molar-refractivity contribution in [1.29, 1.82) is 0 Å². The van der Waals surface area contributed by atoms with Crippen molar-refractivity contribution in [3.63, 3.8) is 0 Å². The Morgan fingerprint density at radius 1 is 0.848 bits per heavy atom. The Kier molecular flexibility index (Phi) is 6.78. The molecule has 5 nitrogen and oxygen atoms in total. The van der Waals surface area contributed by atoms with Gasteiger partial charge in [-0.05, 0) is 66.8 Å². The quantitative estimate of drug-likeness (QED) is 0.448. The fraction of sp³-hybridized carbons (Fsp3) is 0.286. The first-order valence-corrected chi connectivity index (χ1v) is 11.7. The second kappa shape index (κ2) is 9.90. The van der Waals surface area contributed by atoms with Crippen molar-refractivity contribution >= 4 is 23.2 Å². The first-order valence-electron chi connectivity index (χ1n) is 11.7. The van der Waals surface area contributed by atoms with Gasteiger partial charge in [0.25, 0.3) is 11.8 Å². The van der Waals surface area contributed by atoms with E-state index in [1.165, 1.54) is 11.1 Å². The van der Waals surface area contributed by atoms with Crippen LogP contribution < -0.4 is 10.6 Å². The van der Waals surface area contributed by atoms with Crippen molar-refractivity contribution in [2.24, 2.45) is 0 Å². The Labute approximate surface area is 195 Å². The normalized spacial score (nSPS) is 14.8. The molecule has 2 N–H and O–H groups in total. The van der Waals surface area contributed by atoms with Gasteiger partial charge in [-0.3, -0.25) is 9.59 Å². The molecule has 0 fully saturated rings. The molecule has 170 valence electrons. The molecule has 0 aromatic heterocycles. The van der Waals surface area contributed by atoms with Crippen LogP contribution in [-0.4, -0.2) is 23.3 Å². The second-order valence-electron chi connectivity index (χ2n) is 8.40. The van der Waals surface area contributed by atoms with Crippen molar-refractivity contribution in [1.82, 2.24) is 4.90 Å². The molecule has 4 rings (SSSR count). The zero-order valence-corrected chi connectivity index (χ0v) is 19.5. The number of hydrogen-bond acceptors (Lipinski definition) is 3. The van der Waals surface area contributed by atoms with Crippen LogP contribution in [0.3, 0.4) is 0 Å². The lowest BCUT2D eigenvalue weighted by molar-refractivity contribution is 0.0743. The number of nitrogens with zero attached hydrogens (tertiary/aromatic N) is 1. The van der Waals surface area contributed by atoms with Gasteiger partial charge in [0.1, 0.15) is 6.17 Å². The Bertz CT molecular complexity index is 1140. The fourth-order valence-electron chi connectivity index (χ4n) is 4.21. The number of benzene rings is 3. The summed E-state index contributed by atoms with van der Waals surface area (Å²) in [4.78, 5) is 28.0. The molecule has 33 heavy (non-hydrogen) atoms. The summed E-state index contributed by atoms with van der Waals surface area (Å²) in [5.41, 5.74) is 6.16. The average Bonchev–Trinajstić information content (AvgIpc) is 3.10. The molecule has 0 saturated heterocycles. The van der Waals surface area contributed by atoms with Crippen LogP contribution in [0.5, 0.6) is 0 Å². The highest BCUT2D eigenvalue weighted by atomic mass is 16.2. The Balaban J connectivity index is 1.58. The lowest BCUT2D eigenvalue weighted by atomic mass is 10.0. The molecule has 1 aliphatic heterocycles. The third-order valence-corrected chi connectivity index (χ3v) is 6.16. The second-order valence-corrected chi connectivity index (χ2v) is 8.40. The predicted octanol–water partition coefficient (Wildman–Crippen LogP) is 6.04. The van der Waals surface area contributed by atoms with Crippen molar-refractivity contribution in [3.8, 4) is 0 Å². The number of carbonyl (C=O) groups is 2. The maximum absolute atomic E-state index is 13.2. The predicted molar refractivity (Wildman–Crippen MR) is 134 cm³/mol. The smallest absolute Gasteiger partial charge is 0.256 e. The lowest BCUT2D eigenvalue weighted by Gasteiger charge is -2.26. The largest absolute Gasteiger partial charge is 0.361 e. The van der Waals surface area contributed by atoms with Gasteiger partial charge < -0.3 is 15.5 Å². The van der Waals surface area contributed by atoms with Crippen LogP contribution in [0.2, 0.25) is 0 Å². The number of amides is 2. The van der Waals surface area contributed by atoms with Crippen LogP contribution in [0.25, 0.3) is 0 Å². The van der Waals surface area contributed by atoms with E-state index in [2.05, 4.69) is 55.7 Å². The molecular weight excluding hydrogens is 410 g/mol. The highest BCUT2D eigenvalue weighted by Gasteiger charge is 2.36. The molecule has 1 aliphatic rings. The minimum absolute atomic E-state index is 0.0449. The number of carbonyl (C=O) groups excluding carboxylic acids is 2. The van der Waals surface area contributed by atoms with Crippen LogP contribution in [-0.2, 0) is 12.8 Å². The minimum Gasteiger partial charge on any atom is -0.361 e. The Hall–Kier alpha value is -3.60. The van der Waals surface area contributed by atoms with Gasteiger partial charge in [0, 0.05) is 34.6 Å². The summed E-state index contributed by atoms with van der Waals surface area (Å²) in [7, 11) is 0. The molecule has 0 spiro atoms. The summed E-state index contributed by atoms with van der Waals surface area (Å²) in [6.45, 7) is 6.93. The number of anilines is 2. The summed E-state index contributed by atoms with van der Waals surface area (Å²) >= 11 is 0. The standard InChI is InChI=1S/C28H31N3O2/c1-4-17-31-26(29-22-12-7-19(5-2)8-13-22)24-16-11-21(18-25(24)28(31)33)27(32)30-23-14-9-20(6-3)10-15-23/h7-16,18,26,29H,4-6,17H2,1-3H3,(H,30,32)/t26-/m0/s1. The number of fused-ring (bicyclic) bond motifs is 1. The molecule has 3 aromatic rings. The third kappa shape index (κ3) is 4.77. The van der Waals surface area contributed by atoms with Gasteiger partial charge >= 0.3 is 0 Å². The Morgan fingerprint density at radius 2 is 1.45 bits per heavy atom. The molecule has 0 radical (unpaired) electrons. The van der Waals surface area contributed by atoms with E-state index in [1.807, 2.05) is 35.2 Å². The maximum Gasteiger partial charge on any atom is 0.256 e. The van der Waals surface area contributed by atoms with Gasteiger partial charge in [0.15, 0.2) is 0 Å².